The lowest BCUT2D eigenvalue weighted by molar-refractivity contribution is -0.384. The zero-order valence-corrected chi connectivity index (χ0v) is 40.4. The van der Waals surface area contributed by atoms with Crippen molar-refractivity contribution in [2.45, 2.75) is 108 Å². The SMILES string of the molecule is CCOc1nc2[nH]cc(F)c2cc1Oc1cc(N2CCC3(CC2)CC([C@H]2CCOC[C@H]2c2ccccc2C(C)C)C3)ccc1C(=O)NS(=O)(=O)c1cnc(NCC2CCC(C)(O)CC2)c([N+](=O)[O-])c1. The lowest BCUT2D eigenvalue weighted by Crippen LogP contribution is -2.50. The van der Waals surface area contributed by atoms with E-state index in [-0.39, 0.29) is 57.7 Å². The van der Waals surface area contributed by atoms with Crippen LogP contribution in [0.2, 0.25) is 0 Å². The molecule has 3 aromatic heterocycles. The number of H-pyrrole nitrogens is 1. The summed E-state index contributed by atoms with van der Waals surface area (Å²) in [5.74, 6) is 0.368. The van der Waals surface area contributed by atoms with Crippen molar-refractivity contribution in [1.29, 1.82) is 0 Å². The van der Waals surface area contributed by atoms with Gasteiger partial charge in [0.2, 0.25) is 5.82 Å². The molecule has 1 amide bonds. The predicted octanol–water partition coefficient (Wildman–Crippen LogP) is 9.61. The first kappa shape index (κ1) is 48.2. The van der Waals surface area contributed by atoms with Gasteiger partial charge in [0.25, 0.3) is 21.8 Å². The van der Waals surface area contributed by atoms with E-state index in [9.17, 15) is 32.8 Å². The average Bonchev–Trinajstić information content (AvgIpc) is 3.68. The Bertz CT molecular complexity index is 2810. The quantitative estimate of drug-likeness (QED) is 0.0569. The molecule has 5 aromatic rings. The number of hydrogen-bond donors (Lipinski definition) is 4. The van der Waals surface area contributed by atoms with Gasteiger partial charge in [0.1, 0.15) is 22.1 Å². The van der Waals surface area contributed by atoms with Crippen molar-refractivity contribution in [2.24, 2.45) is 23.2 Å². The number of hydrogen-bond acceptors (Lipinski definition) is 13. The normalized spacial score (nSPS) is 22.9. The van der Waals surface area contributed by atoms with Crippen LogP contribution in [0.25, 0.3) is 11.0 Å². The first-order valence-corrected chi connectivity index (χ1v) is 25.7. The molecule has 2 atom stereocenters. The van der Waals surface area contributed by atoms with Gasteiger partial charge in [-0.15, -0.1) is 0 Å². The Morgan fingerprint density at radius 2 is 1.83 bits per heavy atom. The molecule has 4 N–H and O–H groups in total. The number of amides is 1. The number of carbonyl (C=O) groups is 1. The van der Waals surface area contributed by atoms with E-state index in [1.165, 1.54) is 36.1 Å². The van der Waals surface area contributed by atoms with Crippen molar-refractivity contribution in [3.05, 3.63) is 99.6 Å². The van der Waals surface area contributed by atoms with Crippen LogP contribution in [0.3, 0.4) is 0 Å². The molecule has 0 bridgehead atoms. The van der Waals surface area contributed by atoms with E-state index in [0.717, 1.165) is 69.7 Å². The second kappa shape index (κ2) is 19.5. The van der Waals surface area contributed by atoms with Crippen LogP contribution in [0.15, 0.2) is 71.9 Å². The van der Waals surface area contributed by atoms with Crippen molar-refractivity contribution in [1.82, 2.24) is 19.7 Å². The number of sulfonamides is 1. The molecule has 1 spiro atoms. The van der Waals surface area contributed by atoms with E-state index < -0.39 is 42.9 Å². The molecule has 0 unspecified atom stereocenters. The number of halogens is 1. The molecule has 368 valence electrons. The van der Waals surface area contributed by atoms with Crippen LogP contribution >= 0.6 is 0 Å². The Labute approximate surface area is 401 Å². The molecule has 16 nitrogen and oxygen atoms in total. The van der Waals surface area contributed by atoms with Gasteiger partial charge in [-0.2, -0.15) is 4.98 Å². The Morgan fingerprint density at radius 3 is 2.55 bits per heavy atom. The van der Waals surface area contributed by atoms with Gasteiger partial charge in [0, 0.05) is 62.2 Å². The zero-order chi connectivity index (χ0) is 48.7. The molecule has 5 heterocycles. The van der Waals surface area contributed by atoms with Gasteiger partial charge in [-0.05, 0) is 124 Å². The monoisotopic (exact) mass is 967 g/mol. The first-order valence-electron chi connectivity index (χ1n) is 24.2. The molecule has 2 aliphatic carbocycles. The number of carbonyl (C=O) groups excluding carboxylic acids is 1. The minimum atomic E-state index is -4.73. The summed E-state index contributed by atoms with van der Waals surface area (Å²) in [6, 6.07) is 16.0. The van der Waals surface area contributed by atoms with Crippen molar-refractivity contribution < 1.29 is 41.8 Å². The predicted molar refractivity (Wildman–Crippen MR) is 259 cm³/mol. The fourth-order valence-corrected chi connectivity index (χ4v) is 12.2. The molecule has 4 aliphatic rings. The molecule has 9 rings (SSSR count). The van der Waals surface area contributed by atoms with Crippen molar-refractivity contribution in [3.63, 3.8) is 0 Å². The molecule has 69 heavy (non-hydrogen) atoms. The van der Waals surface area contributed by atoms with E-state index in [4.69, 9.17) is 14.2 Å². The summed E-state index contributed by atoms with van der Waals surface area (Å²) in [6.07, 6.45) is 10.1. The van der Waals surface area contributed by atoms with Gasteiger partial charge >= 0.3 is 5.69 Å². The zero-order valence-electron chi connectivity index (χ0n) is 39.6. The minimum absolute atomic E-state index is 0.000956. The maximum Gasteiger partial charge on any atom is 0.312 e. The number of fused-ring (bicyclic) bond motifs is 1. The van der Waals surface area contributed by atoms with E-state index in [2.05, 4.69) is 68.0 Å². The number of piperidine rings is 1. The van der Waals surface area contributed by atoms with Crippen LogP contribution < -0.4 is 24.4 Å². The third-order valence-corrected chi connectivity index (χ3v) is 16.5. The number of benzene rings is 2. The number of aromatic nitrogens is 3. The molecule has 2 aromatic carbocycles. The topological polar surface area (TPSA) is 211 Å². The third-order valence-electron chi connectivity index (χ3n) is 15.2. The highest BCUT2D eigenvalue weighted by atomic mass is 32.2. The Balaban J connectivity index is 0.937. The summed E-state index contributed by atoms with van der Waals surface area (Å²) in [5.41, 5.74) is 2.53. The van der Waals surface area contributed by atoms with Gasteiger partial charge in [-0.3, -0.25) is 14.9 Å². The molecule has 2 aliphatic heterocycles. The number of ether oxygens (including phenoxy) is 3. The van der Waals surface area contributed by atoms with E-state index in [0.29, 0.717) is 55.9 Å². The number of aliphatic hydroxyl groups is 1. The van der Waals surface area contributed by atoms with Gasteiger partial charge in [-0.25, -0.2) is 22.5 Å². The fourth-order valence-electron chi connectivity index (χ4n) is 11.2. The summed E-state index contributed by atoms with van der Waals surface area (Å²) in [7, 11) is -4.73. The smallest absolute Gasteiger partial charge is 0.312 e. The van der Waals surface area contributed by atoms with Crippen molar-refractivity contribution in [2.75, 3.05) is 49.7 Å². The van der Waals surface area contributed by atoms with Gasteiger partial charge < -0.3 is 34.5 Å². The molecule has 18 heteroatoms. The maximum atomic E-state index is 14.9. The second-order valence-corrected chi connectivity index (χ2v) is 21.8. The summed E-state index contributed by atoms with van der Waals surface area (Å²) >= 11 is 0. The average molecular weight is 968 g/mol. The number of nitrogens with zero attached hydrogens (tertiary/aromatic N) is 4. The number of nitrogens with one attached hydrogen (secondary N) is 3. The summed E-state index contributed by atoms with van der Waals surface area (Å²) in [4.78, 5) is 38.5. The van der Waals surface area contributed by atoms with E-state index >= 15 is 0 Å². The fraction of sp³-hybridized carbons (Fsp3) is 0.510. The minimum Gasteiger partial charge on any atom is -0.475 e. The van der Waals surface area contributed by atoms with Crippen LogP contribution in [-0.2, 0) is 14.8 Å². The van der Waals surface area contributed by atoms with Crippen LogP contribution in [0, 0.1) is 39.1 Å². The molecule has 0 radical (unpaired) electrons. The second-order valence-electron chi connectivity index (χ2n) is 20.2. The number of aromatic amines is 1. The maximum absolute atomic E-state index is 14.9. The highest BCUT2D eigenvalue weighted by Gasteiger charge is 2.50. The molecule has 2 saturated heterocycles. The van der Waals surface area contributed by atoms with Gasteiger partial charge in [0.05, 0.1) is 40.9 Å². The van der Waals surface area contributed by atoms with Gasteiger partial charge in [0.15, 0.2) is 5.75 Å². The highest BCUT2D eigenvalue weighted by Crippen LogP contribution is 2.59. The standard InChI is InChI=1S/C51H62FN7O9S/c1-5-67-49-45(24-40-42(52)29-55-46(40)56-49)68-44-22-34(58-19-17-51(18-20-58)25-33(26-51)37-14-21-66-30-41(37)38-9-7-6-8-36(38)31(2)3)10-11-39(44)48(60)57-69(64,65)35-23-43(59(62)63)47(54-28-35)53-27-32-12-15-50(4,61)16-13-32/h6-11,22-24,28-29,31-33,37,41,61H,5,12-21,25-27,30H2,1-4H3,(H,53,54)(H,55,56)(H,57,60)/t32?,37-,41-,50?/m1/s1. The first-order chi connectivity index (χ1) is 33.0. The highest BCUT2D eigenvalue weighted by molar-refractivity contribution is 7.90. The van der Waals surface area contributed by atoms with Crippen LogP contribution in [0.4, 0.5) is 21.6 Å². The number of pyridine rings is 2. The van der Waals surface area contributed by atoms with Crippen molar-refractivity contribution >= 4 is 44.2 Å². The molecular formula is C51H62FN7O9S. The molecule has 4 fully saturated rings. The van der Waals surface area contributed by atoms with Crippen LogP contribution in [0.1, 0.15) is 119 Å². The number of nitro groups is 1. The summed E-state index contributed by atoms with van der Waals surface area (Å²) < 4.78 is 62.9. The Kier molecular flexibility index (Phi) is 13.6. The third kappa shape index (κ3) is 10.2. The largest absolute Gasteiger partial charge is 0.475 e. The summed E-state index contributed by atoms with van der Waals surface area (Å²) in [5, 5.41) is 25.6. The van der Waals surface area contributed by atoms with Crippen molar-refractivity contribution in [3.8, 4) is 17.4 Å². The van der Waals surface area contributed by atoms with Gasteiger partial charge in [-0.1, -0.05) is 38.1 Å². The van der Waals surface area contributed by atoms with E-state index in [1.54, 1.807) is 26.0 Å². The molecular weight excluding hydrogens is 906 g/mol. The number of anilines is 2. The lowest BCUT2D eigenvalue weighted by Gasteiger charge is -2.56. The summed E-state index contributed by atoms with van der Waals surface area (Å²) in [6.45, 7) is 11.6. The molecule has 2 saturated carbocycles. The van der Waals surface area contributed by atoms with E-state index in [1.807, 2.05) is 0 Å². The van der Waals surface area contributed by atoms with Crippen LogP contribution in [-0.4, -0.2) is 84.4 Å². The number of rotatable bonds is 15. The lowest BCUT2D eigenvalue weighted by atomic mass is 9.52. The Hall–Kier alpha value is -5.85. The Morgan fingerprint density at radius 1 is 1.07 bits per heavy atom. The van der Waals surface area contributed by atoms with Crippen LogP contribution in [0.5, 0.6) is 17.4 Å².